The average molecular weight is 395 g/mol. The molecule has 146 valence electrons. The van der Waals surface area contributed by atoms with Crippen molar-refractivity contribution in [1.82, 2.24) is 19.6 Å². The second-order valence-electron chi connectivity index (χ2n) is 7.92. The van der Waals surface area contributed by atoms with Crippen LogP contribution < -0.4 is 15.9 Å². The van der Waals surface area contributed by atoms with Crippen molar-refractivity contribution >= 4 is 30.7 Å². The number of nitrogens with one attached hydrogen (secondary N) is 1. The number of carbonyl (C=O) groups is 1. The summed E-state index contributed by atoms with van der Waals surface area (Å²) in [7, 11) is 6.16. The fraction of sp³-hybridized carbons (Fsp3) is 0.182. The van der Waals surface area contributed by atoms with Gasteiger partial charge in [0.2, 0.25) is 5.91 Å². The Morgan fingerprint density at radius 1 is 1.03 bits per heavy atom. The van der Waals surface area contributed by atoms with E-state index in [1.165, 1.54) is 10.6 Å². The van der Waals surface area contributed by atoms with Gasteiger partial charge in [0.05, 0.1) is 17.7 Å². The van der Waals surface area contributed by atoms with Crippen LogP contribution in [0.3, 0.4) is 0 Å². The van der Waals surface area contributed by atoms with Crippen LogP contribution in [-0.4, -0.2) is 33.3 Å². The van der Waals surface area contributed by atoms with E-state index in [4.69, 9.17) is 7.85 Å². The number of rotatable bonds is 3. The van der Waals surface area contributed by atoms with Crippen LogP contribution in [0.15, 0.2) is 59.4 Å². The zero-order chi connectivity index (χ0) is 21.0. The van der Waals surface area contributed by atoms with Gasteiger partial charge < -0.3 is 4.90 Å². The predicted octanol–water partition coefficient (Wildman–Crippen LogP) is 1.70. The van der Waals surface area contributed by atoms with E-state index in [9.17, 15) is 9.59 Å². The summed E-state index contributed by atoms with van der Waals surface area (Å²) < 4.78 is 1.30. The molecule has 30 heavy (non-hydrogen) atoms. The number of aromatic amines is 1. The molecule has 0 aliphatic carbocycles. The molecule has 0 saturated carbocycles. The first-order valence-electron chi connectivity index (χ1n) is 9.61. The molecule has 0 bridgehead atoms. The molecule has 5 rings (SSSR count). The maximum atomic E-state index is 13.1. The molecule has 8 heteroatoms. The fourth-order valence-electron chi connectivity index (χ4n) is 4.07. The molecule has 0 fully saturated rings. The van der Waals surface area contributed by atoms with Crippen LogP contribution in [0.4, 0.5) is 5.69 Å². The normalized spacial score (nSPS) is 15.0. The second-order valence-corrected chi connectivity index (χ2v) is 7.92. The van der Waals surface area contributed by atoms with E-state index in [2.05, 4.69) is 15.1 Å². The summed E-state index contributed by atoms with van der Waals surface area (Å²) >= 11 is 0. The van der Waals surface area contributed by atoms with E-state index in [1.807, 2.05) is 56.3 Å². The lowest BCUT2D eigenvalue weighted by molar-refractivity contribution is -0.122. The maximum Gasteiger partial charge on any atom is 0.274 e. The Morgan fingerprint density at radius 2 is 1.80 bits per heavy atom. The molecule has 0 unspecified atom stereocenters. The summed E-state index contributed by atoms with van der Waals surface area (Å²) in [6.07, 6.45) is 0. The molecule has 4 aromatic rings. The number of anilines is 1. The highest BCUT2D eigenvalue weighted by atomic mass is 16.2. The van der Waals surface area contributed by atoms with Gasteiger partial charge in [-0.2, -0.15) is 9.50 Å². The lowest BCUT2D eigenvalue weighted by Crippen LogP contribution is -2.37. The van der Waals surface area contributed by atoms with Gasteiger partial charge >= 0.3 is 0 Å². The van der Waals surface area contributed by atoms with E-state index in [0.717, 1.165) is 16.8 Å². The van der Waals surface area contributed by atoms with Crippen LogP contribution in [0.2, 0.25) is 0 Å². The fourth-order valence-corrected chi connectivity index (χ4v) is 4.07. The topological polar surface area (TPSA) is 83.4 Å². The van der Waals surface area contributed by atoms with Crippen LogP contribution in [0.1, 0.15) is 25.1 Å². The number of fused-ring (bicyclic) bond motifs is 2. The van der Waals surface area contributed by atoms with Gasteiger partial charge in [-0.25, -0.2) is 4.98 Å². The minimum Gasteiger partial charge on any atom is -0.305 e. The minimum atomic E-state index is -0.743. The van der Waals surface area contributed by atoms with Crippen molar-refractivity contribution in [3.05, 3.63) is 76.2 Å². The number of hydrogen-bond donors (Lipinski definition) is 1. The molecule has 3 heterocycles. The van der Waals surface area contributed by atoms with Gasteiger partial charge in [0.15, 0.2) is 5.82 Å². The lowest BCUT2D eigenvalue weighted by atomic mass is 9.77. The van der Waals surface area contributed by atoms with Crippen LogP contribution in [0.5, 0.6) is 0 Å². The zero-order valence-electron chi connectivity index (χ0n) is 16.6. The van der Waals surface area contributed by atoms with Gasteiger partial charge in [-0.3, -0.25) is 14.7 Å². The van der Waals surface area contributed by atoms with E-state index in [-0.39, 0.29) is 23.8 Å². The molecular formula is C22H18BN5O2. The van der Waals surface area contributed by atoms with E-state index in [0.29, 0.717) is 17.0 Å². The molecule has 2 aromatic heterocycles. The summed E-state index contributed by atoms with van der Waals surface area (Å²) in [5.74, 6) is 0.730. The third-order valence-corrected chi connectivity index (χ3v) is 5.52. The van der Waals surface area contributed by atoms with Crippen molar-refractivity contribution < 1.29 is 4.79 Å². The van der Waals surface area contributed by atoms with Crippen LogP contribution >= 0.6 is 0 Å². The highest BCUT2D eigenvalue weighted by Gasteiger charge is 2.44. The molecule has 0 spiro atoms. The number of carbonyl (C=O) groups excluding carboxylic acids is 1. The summed E-state index contributed by atoms with van der Waals surface area (Å²) in [6.45, 7) is 3.88. The van der Waals surface area contributed by atoms with Crippen molar-refractivity contribution in [3.63, 3.8) is 0 Å². The summed E-state index contributed by atoms with van der Waals surface area (Å²) in [6, 6.07) is 16.4. The molecule has 7 nitrogen and oxygen atoms in total. The first-order chi connectivity index (χ1) is 14.4. The number of benzene rings is 2. The van der Waals surface area contributed by atoms with Crippen molar-refractivity contribution in [1.29, 1.82) is 0 Å². The third kappa shape index (κ3) is 2.68. The predicted molar refractivity (Wildman–Crippen MR) is 115 cm³/mol. The first-order valence-corrected chi connectivity index (χ1v) is 9.61. The third-order valence-electron chi connectivity index (χ3n) is 5.52. The van der Waals surface area contributed by atoms with E-state index >= 15 is 0 Å². The smallest absolute Gasteiger partial charge is 0.274 e. The molecule has 1 aliphatic rings. The average Bonchev–Trinajstić information content (AvgIpc) is 3.23. The largest absolute Gasteiger partial charge is 0.305 e. The lowest BCUT2D eigenvalue weighted by Gasteiger charge is -2.20. The Kier molecular flexibility index (Phi) is 3.93. The number of aromatic nitrogens is 4. The monoisotopic (exact) mass is 395 g/mol. The quantitative estimate of drug-likeness (QED) is 0.536. The Morgan fingerprint density at radius 3 is 2.57 bits per heavy atom. The van der Waals surface area contributed by atoms with E-state index < -0.39 is 5.41 Å². The van der Waals surface area contributed by atoms with Gasteiger partial charge in [-0.1, -0.05) is 47.9 Å². The molecule has 0 saturated heterocycles. The number of amides is 1. The molecular weight excluding hydrogens is 377 g/mol. The number of H-pyrrole nitrogens is 1. The van der Waals surface area contributed by atoms with Gasteiger partial charge in [-0.15, -0.1) is 0 Å². The Hall–Kier alpha value is -3.68. The zero-order valence-corrected chi connectivity index (χ0v) is 16.6. The van der Waals surface area contributed by atoms with E-state index in [1.54, 1.807) is 11.0 Å². The highest BCUT2D eigenvalue weighted by molar-refractivity contribution is 6.35. The van der Waals surface area contributed by atoms with Gasteiger partial charge in [-0.05, 0) is 25.5 Å². The summed E-state index contributed by atoms with van der Waals surface area (Å²) in [5, 5.41) is 2.98. The van der Waals surface area contributed by atoms with Crippen molar-refractivity contribution in [2.75, 3.05) is 4.90 Å². The van der Waals surface area contributed by atoms with Gasteiger partial charge in [0, 0.05) is 17.3 Å². The van der Waals surface area contributed by atoms with Crippen molar-refractivity contribution in [2.45, 2.75) is 25.8 Å². The van der Waals surface area contributed by atoms with Crippen molar-refractivity contribution in [2.24, 2.45) is 0 Å². The Bertz CT molecular complexity index is 1360. The summed E-state index contributed by atoms with van der Waals surface area (Å²) in [5.41, 5.74) is 2.42. The number of hydrogen-bond acceptors (Lipinski definition) is 4. The van der Waals surface area contributed by atoms with Gasteiger partial charge in [0.25, 0.3) is 11.3 Å². The van der Waals surface area contributed by atoms with Crippen LogP contribution in [0.25, 0.3) is 17.2 Å². The van der Waals surface area contributed by atoms with Crippen LogP contribution in [0, 0.1) is 0 Å². The summed E-state index contributed by atoms with van der Waals surface area (Å²) in [4.78, 5) is 36.4. The maximum absolute atomic E-state index is 13.1. The van der Waals surface area contributed by atoms with Gasteiger partial charge in [0.1, 0.15) is 7.85 Å². The molecule has 1 N–H and O–H groups in total. The Labute approximate surface area is 173 Å². The van der Waals surface area contributed by atoms with Crippen molar-refractivity contribution in [3.8, 4) is 11.4 Å². The molecule has 2 radical (unpaired) electrons. The molecule has 1 amide bonds. The molecule has 1 aliphatic heterocycles. The Balaban J connectivity index is 1.56. The molecule has 2 aromatic carbocycles. The second kappa shape index (κ2) is 6.42. The van der Waals surface area contributed by atoms with Crippen LogP contribution in [-0.2, 0) is 16.8 Å². The number of nitrogens with zero attached hydrogens (tertiary/aromatic N) is 4. The first kappa shape index (κ1) is 18.4. The minimum absolute atomic E-state index is 0.0793. The standard InChI is InChI=1S/C22H18BN5O2/c1-22(2)18-15(23)9-6-10-16(18)27(20(22)30)12-14-11-17(29)28-21(24-14)25-19(26-28)13-7-4-3-5-8-13/h3-11H,12H2,1-2H3,(H,24,25,26). The highest BCUT2D eigenvalue weighted by Crippen LogP contribution is 2.40. The SMILES string of the molecule is [B]c1cccc2c1C(C)(C)C(=O)N2Cc1cc(=O)n2[nH]c(-c3ccccc3)nc2n1. The molecule has 0 atom stereocenters.